The normalized spacial score (nSPS) is 19.0. The lowest BCUT2D eigenvalue weighted by Crippen LogP contribution is -2.33. The Bertz CT molecular complexity index is 910. The van der Waals surface area contributed by atoms with Crippen LogP contribution in [0.3, 0.4) is 0 Å². The van der Waals surface area contributed by atoms with E-state index in [0.717, 1.165) is 18.4 Å². The summed E-state index contributed by atoms with van der Waals surface area (Å²) in [7, 11) is 0. The van der Waals surface area contributed by atoms with Crippen molar-refractivity contribution in [2.75, 3.05) is 0 Å². The number of aliphatic hydroxyl groups is 1. The molecule has 1 aliphatic carbocycles. The summed E-state index contributed by atoms with van der Waals surface area (Å²) in [6.07, 6.45) is 0.425. The lowest BCUT2D eigenvalue weighted by atomic mass is 9.99. The van der Waals surface area contributed by atoms with Gasteiger partial charge in [-0.25, -0.2) is 9.59 Å². The van der Waals surface area contributed by atoms with Crippen molar-refractivity contribution >= 4 is 23.4 Å². The molecule has 0 bridgehead atoms. The third-order valence-corrected chi connectivity index (χ3v) is 4.61. The molecule has 4 rings (SSSR count). The van der Waals surface area contributed by atoms with Crippen LogP contribution in [0, 0.1) is 0 Å². The molecule has 1 heterocycles. The molecule has 2 aliphatic rings. The summed E-state index contributed by atoms with van der Waals surface area (Å²) in [5.74, 6) is -0.320. The molecule has 2 aromatic carbocycles. The number of carbonyl (C=O) groups is 2. The van der Waals surface area contributed by atoms with Crippen LogP contribution in [0.15, 0.2) is 48.5 Å². The van der Waals surface area contributed by atoms with Gasteiger partial charge in [0.1, 0.15) is 17.1 Å². The van der Waals surface area contributed by atoms with Crippen LogP contribution in [-0.4, -0.2) is 22.3 Å². The Hall–Kier alpha value is -3.28. The Morgan fingerprint density at radius 3 is 2.36 bits per heavy atom. The van der Waals surface area contributed by atoms with Crippen LogP contribution < -0.4 is 10.1 Å². The summed E-state index contributed by atoms with van der Waals surface area (Å²) in [6.45, 7) is 0. The molecule has 1 saturated carbocycles. The summed E-state index contributed by atoms with van der Waals surface area (Å²) in [5, 5.41) is 22.0. The molecule has 0 atom stereocenters. The van der Waals surface area contributed by atoms with Crippen LogP contribution in [0.25, 0.3) is 11.3 Å². The van der Waals surface area contributed by atoms with E-state index < -0.39 is 17.6 Å². The monoisotopic (exact) mass is 337 g/mol. The molecule has 0 aromatic heterocycles. The topological polar surface area (TPSA) is 95.9 Å². The summed E-state index contributed by atoms with van der Waals surface area (Å²) in [6, 6.07) is 13.8. The van der Waals surface area contributed by atoms with E-state index in [1.807, 2.05) is 0 Å². The minimum atomic E-state index is -1.06. The first kappa shape index (κ1) is 15.3. The van der Waals surface area contributed by atoms with E-state index in [2.05, 4.69) is 5.32 Å². The molecule has 126 valence electrons. The molecule has 1 aliphatic heterocycles. The van der Waals surface area contributed by atoms with Gasteiger partial charge >= 0.3 is 12.1 Å². The standard InChI is InChI=1S/C19H15NO5/c21-16(15-13-3-1-2-4-14(13)25-17(15)22)11-5-7-12(8-6-11)19(9-10-19)20-18(23)24/h1-8,20-21H,9-10H2,(H,23,24)/b16-15-. The lowest BCUT2D eigenvalue weighted by molar-refractivity contribution is -0.127. The average molecular weight is 337 g/mol. The number of fused-ring (bicyclic) bond motifs is 1. The van der Waals surface area contributed by atoms with Gasteiger partial charge in [0.05, 0.1) is 5.54 Å². The van der Waals surface area contributed by atoms with Crippen molar-refractivity contribution in [2.45, 2.75) is 18.4 Å². The van der Waals surface area contributed by atoms with Gasteiger partial charge in [-0.05, 0) is 24.5 Å². The lowest BCUT2D eigenvalue weighted by Gasteiger charge is -2.16. The molecular formula is C19H15NO5. The summed E-state index contributed by atoms with van der Waals surface area (Å²) in [4.78, 5) is 23.0. The van der Waals surface area contributed by atoms with Gasteiger partial charge in [-0.1, -0.05) is 42.5 Å². The fourth-order valence-corrected chi connectivity index (χ4v) is 3.15. The molecule has 1 amide bonds. The Balaban J connectivity index is 1.69. The maximum absolute atomic E-state index is 12.1. The SMILES string of the molecule is O=C(O)NC1(c2ccc(/C(O)=C3/C(=O)Oc4ccccc43)cc2)CC1. The number of carbonyl (C=O) groups excluding carboxylic acids is 1. The Morgan fingerprint density at radius 1 is 1.04 bits per heavy atom. The first-order valence-electron chi connectivity index (χ1n) is 7.87. The molecular weight excluding hydrogens is 322 g/mol. The Kier molecular flexibility index (Phi) is 3.28. The third-order valence-electron chi connectivity index (χ3n) is 4.61. The zero-order valence-corrected chi connectivity index (χ0v) is 13.2. The molecule has 2 aromatic rings. The number of amides is 1. The van der Waals surface area contributed by atoms with Crippen molar-refractivity contribution in [1.82, 2.24) is 5.32 Å². The Labute approximate surface area is 143 Å². The van der Waals surface area contributed by atoms with E-state index in [9.17, 15) is 14.7 Å². The van der Waals surface area contributed by atoms with E-state index in [-0.39, 0.29) is 11.3 Å². The maximum Gasteiger partial charge on any atom is 0.405 e. The van der Waals surface area contributed by atoms with Gasteiger partial charge in [-0.2, -0.15) is 0 Å². The van der Waals surface area contributed by atoms with Crippen LogP contribution in [0.2, 0.25) is 0 Å². The van der Waals surface area contributed by atoms with E-state index in [0.29, 0.717) is 16.9 Å². The van der Waals surface area contributed by atoms with Crippen molar-refractivity contribution in [1.29, 1.82) is 0 Å². The quantitative estimate of drug-likeness (QED) is 0.346. The predicted octanol–water partition coefficient (Wildman–Crippen LogP) is 3.29. The molecule has 6 nitrogen and oxygen atoms in total. The number of ether oxygens (including phenoxy) is 1. The van der Waals surface area contributed by atoms with Crippen LogP contribution in [0.4, 0.5) is 4.79 Å². The first-order valence-corrected chi connectivity index (χ1v) is 7.87. The summed E-state index contributed by atoms with van der Waals surface area (Å²) < 4.78 is 5.16. The van der Waals surface area contributed by atoms with Gasteiger partial charge < -0.3 is 20.3 Å². The molecule has 0 radical (unpaired) electrons. The second-order valence-electron chi connectivity index (χ2n) is 6.20. The molecule has 0 saturated heterocycles. The van der Waals surface area contributed by atoms with Gasteiger partial charge in [0.25, 0.3) is 0 Å². The largest absolute Gasteiger partial charge is 0.506 e. The average Bonchev–Trinajstić information content (AvgIpc) is 3.28. The molecule has 6 heteroatoms. The van der Waals surface area contributed by atoms with Gasteiger partial charge in [0, 0.05) is 11.1 Å². The van der Waals surface area contributed by atoms with Crippen molar-refractivity contribution < 1.29 is 24.5 Å². The van der Waals surface area contributed by atoms with E-state index in [1.165, 1.54) is 0 Å². The third kappa shape index (κ3) is 2.52. The van der Waals surface area contributed by atoms with Gasteiger partial charge in [-0.15, -0.1) is 0 Å². The molecule has 25 heavy (non-hydrogen) atoms. The fourth-order valence-electron chi connectivity index (χ4n) is 3.15. The molecule has 0 spiro atoms. The van der Waals surface area contributed by atoms with Crippen molar-refractivity contribution in [3.05, 3.63) is 65.2 Å². The highest BCUT2D eigenvalue weighted by Gasteiger charge is 2.45. The van der Waals surface area contributed by atoms with Gasteiger partial charge in [0.15, 0.2) is 0 Å². The van der Waals surface area contributed by atoms with Crippen LogP contribution in [0.1, 0.15) is 29.5 Å². The van der Waals surface area contributed by atoms with Gasteiger partial charge in [-0.3, -0.25) is 0 Å². The smallest absolute Gasteiger partial charge is 0.405 e. The summed E-state index contributed by atoms with van der Waals surface area (Å²) in [5.41, 5.74) is 1.46. The van der Waals surface area contributed by atoms with Gasteiger partial charge in [0.2, 0.25) is 0 Å². The highest BCUT2D eigenvalue weighted by Crippen LogP contribution is 2.46. The van der Waals surface area contributed by atoms with E-state index in [1.54, 1.807) is 48.5 Å². The first-order chi connectivity index (χ1) is 12.0. The van der Waals surface area contributed by atoms with Crippen LogP contribution in [-0.2, 0) is 10.3 Å². The number of nitrogens with one attached hydrogen (secondary N) is 1. The zero-order valence-electron chi connectivity index (χ0n) is 13.2. The molecule has 3 N–H and O–H groups in total. The number of benzene rings is 2. The number of hydrogen-bond acceptors (Lipinski definition) is 4. The number of para-hydroxylation sites is 1. The highest BCUT2D eigenvalue weighted by molar-refractivity contribution is 6.27. The number of aliphatic hydroxyl groups excluding tert-OH is 1. The zero-order chi connectivity index (χ0) is 17.6. The van der Waals surface area contributed by atoms with Crippen molar-refractivity contribution in [2.24, 2.45) is 0 Å². The maximum atomic E-state index is 12.1. The number of rotatable bonds is 3. The van der Waals surface area contributed by atoms with Crippen LogP contribution >= 0.6 is 0 Å². The minimum absolute atomic E-state index is 0.133. The second kappa shape index (κ2) is 5.37. The number of carboxylic acid groups (broad SMARTS) is 1. The minimum Gasteiger partial charge on any atom is -0.506 e. The highest BCUT2D eigenvalue weighted by atomic mass is 16.5. The Morgan fingerprint density at radius 2 is 1.72 bits per heavy atom. The van der Waals surface area contributed by atoms with E-state index >= 15 is 0 Å². The molecule has 1 fully saturated rings. The second-order valence-corrected chi connectivity index (χ2v) is 6.20. The predicted molar refractivity (Wildman–Crippen MR) is 90.0 cm³/mol. The number of esters is 1. The van der Waals surface area contributed by atoms with E-state index in [4.69, 9.17) is 9.84 Å². The fraction of sp³-hybridized carbons (Fsp3) is 0.158. The van der Waals surface area contributed by atoms with Crippen LogP contribution in [0.5, 0.6) is 5.75 Å². The van der Waals surface area contributed by atoms with Crippen molar-refractivity contribution in [3.8, 4) is 5.75 Å². The molecule has 0 unspecified atom stereocenters. The summed E-state index contributed by atoms with van der Waals surface area (Å²) >= 11 is 0. The number of hydrogen-bond donors (Lipinski definition) is 3. The van der Waals surface area contributed by atoms with Crippen molar-refractivity contribution in [3.63, 3.8) is 0 Å².